The molecular weight excluding hydrogens is 336 g/mol. The number of fused-ring (bicyclic) bond motifs is 1. The highest BCUT2D eigenvalue weighted by Crippen LogP contribution is 2.30. The summed E-state index contributed by atoms with van der Waals surface area (Å²) in [4.78, 5) is 15.1. The molecule has 2 unspecified atom stereocenters. The van der Waals surface area contributed by atoms with Gasteiger partial charge in [-0.3, -0.25) is 9.48 Å². The summed E-state index contributed by atoms with van der Waals surface area (Å²) in [6.07, 6.45) is 7.83. The van der Waals surface area contributed by atoms with Crippen molar-refractivity contribution in [3.8, 4) is 0 Å². The molecule has 3 rings (SSSR count). The molecule has 5 heteroatoms. The first-order valence-electron chi connectivity index (χ1n) is 10.6. The van der Waals surface area contributed by atoms with Crippen molar-refractivity contribution in [2.45, 2.75) is 78.3 Å². The molecule has 0 aromatic carbocycles. The maximum Gasteiger partial charge on any atom is 0.220 e. The molecule has 0 aliphatic carbocycles. The van der Waals surface area contributed by atoms with Crippen LogP contribution in [0.2, 0.25) is 0 Å². The molecule has 150 valence electrons. The van der Waals surface area contributed by atoms with E-state index in [1.807, 2.05) is 18.5 Å². The van der Waals surface area contributed by atoms with Gasteiger partial charge in [0.25, 0.3) is 0 Å². The van der Waals surface area contributed by atoms with E-state index in [9.17, 15) is 4.79 Å². The maximum absolute atomic E-state index is 12.5. The van der Waals surface area contributed by atoms with Gasteiger partial charge in [-0.25, -0.2) is 0 Å². The van der Waals surface area contributed by atoms with Crippen LogP contribution in [0.3, 0.4) is 0 Å². The predicted octanol–water partition coefficient (Wildman–Crippen LogP) is 3.39. The van der Waals surface area contributed by atoms with Crippen molar-refractivity contribution < 1.29 is 4.79 Å². The van der Waals surface area contributed by atoms with Crippen LogP contribution in [0.5, 0.6) is 0 Å². The van der Waals surface area contributed by atoms with Crippen molar-refractivity contribution in [3.05, 3.63) is 29.1 Å². The molecule has 27 heavy (non-hydrogen) atoms. The molecule has 1 aromatic heterocycles. The summed E-state index contributed by atoms with van der Waals surface area (Å²) in [5.74, 6) is 0.805. The number of nitrogens with one attached hydrogen (secondary N) is 1. The van der Waals surface area contributed by atoms with Gasteiger partial charge in [-0.1, -0.05) is 18.6 Å². The van der Waals surface area contributed by atoms with Crippen LogP contribution < -0.4 is 5.32 Å². The van der Waals surface area contributed by atoms with Gasteiger partial charge in [-0.15, -0.1) is 0 Å². The quantitative estimate of drug-likeness (QED) is 0.747. The van der Waals surface area contributed by atoms with Gasteiger partial charge < -0.3 is 10.2 Å². The first-order chi connectivity index (χ1) is 13.0. The zero-order valence-electron chi connectivity index (χ0n) is 17.4. The fourth-order valence-corrected chi connectivity index (χ4v) is 4.89. The van der Waals surface area contributed by atoms with Crippen molar-refractivity contribution in [1.29, 1.82) is 0 Å². The number of rotatable bonds is 7. The molecule has 0 radical (unpaired) electrons. The van der Waals surface area contributed by atoms with E-state index < -0.39 is 0 Å². The van der Waals surface area contributed by atoms with Crippen LogP contribution in [-0.2, 0) is 17.8 Å². The minimum atomic E-state index is 0.175. The molecule has 2 atom stereocenters. The summed E-state index contributed by atoms with van der Waals surface area (Å²) in [6, 6.07) is 0.692. The lowest BCUT2D eigenvalue weighted by molar-refractivity contribution is -0.121. The first kappa shape index (κ1) is 20.1. The third-order valence-electron chi connectivity index (χ3n) is 6.34. The Kier molecular flexibility index (Phi) is 6.74. The standard InChI is InChI=1S/C22H36N4O/c1-16(2)15-26-18(4)20(17(3)24-26)10-11-22(27)23-14-19-8-7-13-25-12-6-5-9-21(19)25/h19,21H,1,5-15H2,2-4H3,(H,23,27). The monoisotopic (exact) mass is 372 g/mol. The Balaban J connectivity index is 1.48. The number of hydrogen-bond donors (Lipinski definition) is 1. The van der Waals surface area contributed by atoms with Crippen LogP contribution in [0.15, 0.2) is 12.2 Å². The number of piperidine rings is 2. The largest absolute Gasteiger partial charge is 0.356 e. The summed E-state index contributed by atoms with van der Waals surface area (Å²) in [5, 5.41) is 7.84. The molecule has 2 fully saturated rings. The summed E-state index contributed by atoms with van der Waals surface area (Å²) >= 11 is 0. The van der Waals surface area contributed by atoms with Gasteiger partial charge in [0.05, 0.1) is 12.2 Å². The molecular formula is C22H36N4O. The van der Waals surface area contributed by atoms with Gasteiger partial charge in [-0.2, -0.15) is 5.10 Å². The average Bonchev–Trinajstić information content (AvgIpc) is 2.90. The van der Waals surface area contributed by atoms with Gasteiger partial charge in [0.2, 0.25) is 5.91 Å². The smallest absolute Gasteiger partial charge is 0.220 e. The van der Waals surface area contributed by atoms with Crippen LogP contribution in [0.4, 0.5) is 0 Å². The molecule has 0 spiro atoms. The Morgan fingerprint density at radius 2 is 2.00 bits per heavy atom. The van der Waals surface area contributed by atoms with Gasteiger partial charge in [0, 0.05) is 24.7 Å². The van der Waals surface area contributed by atoms with Crippen LogP contribution in [0, 0.1) is 19.8 Å². The Hall–Kier alpha value is -1.62. The number of aromatic nitrogens is 2. The lowest BCUT2D eigenvalue weighted by Gasteiger charge is -2.44. The summed E-state index contributed by atoms with van der Waals surface area (Å²) in [6.45, 7) is 14.2. The number of aryl methyl sites for hydroxylation is 1. The van der Waals surface area contributed by atoms with Crippen LogP contribution >= 0.6 is 0 Å². The van der Waals surface area contributed by atoms with Gasteiger partial charge in [-0.05, 0) is 77.4 Å². The van der Waals surface area contributed by atoms with E-state index in [2.05, 4.69) is 28.8 Å². The highest BCUT2D eigenvalue weighted by atomic mass is 16.1. The molecule has 1 aromatic rings. The fourth-order valence-electron chi connectivity index (χ4n) is 4.89. The van der Waals surface area contributed by atoms with Crippen LogP contribution in [0.1, 0.15) is 62.4 Å². The zero-order chi connectivity index (χ0) is 19.4. The minimum Gasteiger partial charge on any atom is -0.356 e. The van der Waals surface area contributed by atoms with E-state index in [-0.39, 0.29) is 5.91 Å². The van der Waals surface area contributed by atoms with Gasteiger partial charge in [0.1, 0.15) is 0 Å². The number of amides is 1. The van der Waals surface area contributed by atoms with Gasteiger partial charge >= 0.3 is 0 Å². The highest BCUT2D eigenvalue weighted by Gasteiger charge is 2.32. The number of carbonyl (C=O) groups excluding carboxylic acids is 1. The number of hydrogen-bond acceptors (Lipinski definition) is 3. The summed E-state index contributed by atoms with van der Waals surface area (Å²) < 4.78 is 2.00. The van der Waals surface area contributed by atoms with Crippen molar-refractivity contribution in [1.82, 2.24) is 20.0 Å². The highest BCUT2D eigenvalue weighted by molar-refractivity contribution is 5.76. The summed E-state index contributed by atoms with van der Waals surface area (Å²) in [5.41, 5.74) is 4.50. The van der Waals surface area contributed by atoms with Crippen molar-refractivity contribution in [2.75, 3.05) is 19.6 Å². The molecule has 2 saturated heterocycles. The second-order valence-corrected chi connectivity index (χ2v) is 8.57. The van der Waals surface area contributed by atoms with Crippen molar-refractivity contribution >= 4 is 5.91 Å². The topological polar surface area (TPSA) is 50.2 Å². The van der Waals surface area contributed by atoms with E-state index >= 15 is 0 Å². The van der Waals surface area contributed by atoms with E-state index in [1.54, 1.807) is 0 Å². The normalized spacial score (nSPS) is 23.1. The van der Waals surface area contributed by atoms with E-state index in [0.717, 1.165) is 36.5 Å². The fraction of sp³-hybridized carbons (Fsp3) is 0.727. The second-order valence-electron chi connectivity index (χ2n) is 8.57. The molecule has 1 amide bonds. The number of allylic oxidation sites excluding steroid dienone is 1. The van der Waals surface area contributed by atoms with Crippen molar-refractivity contribution in [3.63, 3.8) is 0 Å². The molecule has 5 nitrogen and oxygen atoms in total. The Morgan fingerprint density at radius 3 is 2.78 bits per heavy atom. The first-order valence-corrected chi connectivity index (χ1v) is 10.6. The molecule has 1 N–H and O–H groups in total. The average molecular weight is 373 g/mol. The molecule has 2 aliphatic heterocycles. The Morgan fingerprint density at radius 1 is 1.22 bits per heavy atom. The molecule has 0 saturated carbocycles. The van der Waals surface area contributed by atoms with Gasteiger partial charge in [0.15, 0.2) is 0 Å². The third kappa shape index (κ3) is 5.01. The van der Waals surface area contributed by atoms with E-state index in [1.165, 1.54) is 50.8 Å². The molecule has 3 heterocycles. The van der Waals surface area contributed by atoms with Crippen LogP contribution in [-0.4, -0.2) is 46.3 Å². The van der Waals surface area contributed by atoms with Crippen molar-refractivity contribution in [2.24, 2.45) is 5.92 Å². The lowest BCUT2D eigenvalue weighted by Crippen LogP contribution is -2.51. The summed E-state index contributed by atoms with van der Waals surface area (Å²) in [7, 11) is 0. The van der Waals surface area contributed by atoms with Crippen LogP contribution in [0.25, 0.3) is 0 Å². The number of nitrogens with zero attached hydrogens (tertiary/aromatic N) is 3. The van der Waals surface area contributed by atoms with E-state index in [4.69, 9.17) is 0 Å². The molecule has 0 bridgehead atoms. The zero-order valence-corrected chi connectivity index (χ0v) is 17.4. The second kappa shape index (κ2) is 9.05. The Labute approximate surface area is 164 Å². The SMILES string of the molecule is C=C(C)Cn1nc(C)c(CCC(=O)NCC2CCCN3CCCCC23)c1C. The predicted molar refractivity (Wildman–Crippen MR) is 110 cm³/mol. The maximum atomic E-state index is 12.5. The minimum absolute atomic E-state index is 0.175. The molecule has 2 aliphatic rings. The van der Waals surface area contributed by atoms with E-state index in [0.29, 0.717) is 18.4 Å². The lowest BCUT2D eigenvalue weighted by atomic mass is 9.83. The third-order valence-corrected chi connectivity index (χ3v) is 6.34. The number of carbonyl (C=O) groups is 1. The Bertz CT molecular complexity index is 676.